The molecule has 1 nitrogen and oxygen atoms in total. The van der Waals surface area contributed by atoms with E-state index in [1.165, 1.54) is 79.3 Å². The summed E-state index contributed by atoms with van der Waals surface area (Å²) in [5, 5.41) is 0. The Labute approximate surface area is 216 Å². The number of likely N-dealkylation sites (tertiary alicyclic amines) is 1. The van der Waals surface area contributed by atoms with E-state index in [2.05, 4.69) is 88.6 Å². The zero-order chi connectivity index (χ0) is 25.0. The van der Waals surface area contributed by atoms with Crippen LogP contribution < -0.4 is 0 Å². The minimum absolute atomic E-state index is 0.513. The van der Waals surface area contributed by atoms with Crippen molar-refractivity contribution in [1.29, 1.82) is 0 Å². The van der Waals surface area contributed by atoms with Gasteiger partial charge in [-0.15, -0.1) is 0 Å². The molecule has 0 amide bonds. The lowest BCUT2D eigenvalue weighted by Gasteiger charge is -2.50. The summed E-state index contributed by atoms with van der Waals surface area (Å²) < 4.78 is 0. The Kier molecular flexibility index (Phi) is 8.46. The van der Waals surface area contributed by atoms with Gasteiger partial charge in [0.15, 0.2) is 0 Å². The van der Waals surface area contributed by atoms with E-state index < -0.39 is 0 Å². The molecule has 1 saturated heterocycles. The Bertz CT molecular complexity index is 991. The van der Waals surface area contributed by atoms with Gasteiger partial charge < -0.3 is 4.90 Å². The maximum absolute atomic E-state index is 4.59. The van der Waals surface area contributed by atoms with Crippen molar-refractivity contribution in [1.82, 2.24) is 4.90 Å². The maximum Gasteiger partial charge on any atom is 0.0366 e. The van der Waals surface area contributed by atoms with E-state index in [1.54, 1.807) is 5.56 Å². The van der Waals surface area contributed by atoms with Gasteiger partial charge in [-0.1, -0.05) is 89.1 Å². The number of nitrogens with zero attached hydrogens (tertiary/aromatic N) is 1. The van der Waals surface area contributed by atoms with E-state index in [0.717, 1.165) is 31.3 Å². The van der Waals surface area contributed by atoms with Crippen LogP contribution in [0.25, 0.3) is 5.70 Å². The number of piperidine rings is 1. The first-order valence-corrected chi connectivity index (χ1v) is 14.4. The first-order valence-electron chi connectivity index (χ1n) is 14.4. The Morgan fingerprint density at radius 2 is 1.80 bits per heavy atom. The molecule has 1 spiro atoms. The predicted octanol–water partition coefficient (Wildman–Crippen LogP) is 9.19. The van der Waals surface area contributed by atoms with Crippen LogP contribution in [-0.2, 0) is 12.8 Å². The first kappa shape index (κ1) is 26.1. The van der Waals surface area contributed by atoms with E-state index in [1.807, 2.05) is 0 Å². The van der Waals surface area contributed by atoms with Gasteiger partial charge in [-0.3, -0.25) is 0 Å². The van der Waals surface area contributed by atoms with Crippen LogP contribution in [0.15, 0.2) is 49.0 Å². The van der Waals surface area contributed by atoms with E-state index in [-0.39, 0.29) is 0 Å². The highest BCUT2D eigenvalue weighted by Gasteiger charge is 2.42. The van der Waals surface area contributed by atoms with Crippen molar-refractivity contribution < 1.29 is 0 Å². The average Bonchev–Trinajstić information content (AvgIpc) is 2.84. The normalized spacial score (nSPS) is 22.1. The quantitative estimate of drug-likeness (QED) is 0.371. The summed E-state index contributed by atoms with van der Waals surface area (Å²) in [5.74, 6) is 2.31. The van der Waals surface area contributed by atoms with Crippen molar-refractivity contribution in [3.05, 3.63) is 76.9 Å². The van der Waals surface area contributed by atoms with Crippen molar-refractivity contribution >= 4 is 5.70 Å². The third kappa shape index (κ3) is 6.22. The predicted molar refractivity (Wildman–Crippen MR) is 153 cm³/mol. The van der Waals surface area contributed by atoms with Crippen molar-refractivity contribution in [3.8, 4) is 0 Å². The molecule has 1 aliphatic heterocycles. The molecular weight excluding hydrogens is 422 g/mol. The first-order chi connectivity index (χ1) is 16.8. The zero-order valence-corrected chi connectivity index (χ0v) is 23.2. The van der Waals surface area contributed by atoms with Crippen molar-refractivity contribution in [3.63, 3.8) is 0 Å². The molecule has 0 N–H and O–H groups in total. The highest BCUT2D eigenvalue weighted by atomic mass is 15.1. The molecule has 2 aromatic rings. The molecule has 0 bridgehead atoms. The van der Waals surface area contributed by atoms with Crippen LogP contribution in [0, 0.1) is 24.2 Å². The molecule has 2 fully saturated rings. The second kappa shape index (κ2) is 11.4. The summed E-state index contributed by atoms with van der Waals surface area (Å²) in [6.45, 7) is 18.4. The Morgan fingerprint density at radius 3 is 2.46 bits per heavy atom. The Morgan fingerprint density at radius 1 is 1.03 bits per heavy atom. The van der Waals surface area contributed by atoms with Crippen LogP contribution in [0.2, 0.25) is 0 Å². The fourth-order valence-electron chi connectivity index (χ4n) is 7.21. The Hall–Kier alpha value is -2.02. The van der Waals surface area contributed by atoms with Crippen LogP contribution in [-0.4, -0.2) is 18.0 Å². The third-order valence-corrected chi connectivity index (χ3v) is 8.98. The molecule has 2 unspecified atom stereocenters. The topological polar surface area (TPSA) is 3.24 Å². The minimum atomic E-state index is 0.513. The molecule has 2 atom stereocenters. The van der Waals surface area contributed by atoms with Crippen LogP contribution >= 0.6 is 0 Å². The van der Waals surface area contributed by atoms with Gasteiger partial charge in [0.2, 0.25) is 0 Å². The molecular formula is C34H49N. The molecule has 35 heavy (non-hydrogen) atoms. The summed E-state index contributed by atoms with van der Waals surface area (Å²) in [6, 6.07) is 16.5. The van der Waals surface area contributed by atoms with E-state index in [9.17, 15) is 0 Å². The molecule has 4 rings (SSSR count). The molecule has 1 heterocycles. The minimum Gasteiger partial charge on any atom is -0.371 e. The molecule has 1 heteroatoms. The van der Waals surface area contributed by atoms with E-state index in [0.29, 0.717) is 11.3 Å². The van der Waals surface area contributed by atoms with Gasteiger partial charge in [0, 0.05) is 18.8 Å². The second-order valence-corrected chi connectivity index (χ2v) is 12.3. The highest BCUT2D eigenvalue weighted by molar-refractivity contribution is 5.63. The van der Waals surface area contributed by atoms with E-state index >= 15 is 0 Å². The highest BCUT2D eigenvalue weighted by Crippen LogP contribution is 2.53. The molecule has 1 saturated carbocycles. The summed E-state index contributed by atoms with van der Waals surface area (Å²) in [5.41, 5.74) is 9.09. The zero-order valence-electron chi connectivity index (χ0n) is 23.2. The lowest BCUT2D eigenvalue weighted by molar-refractivity contribution is 0.0510. The standard InChI is InChI=1S/C34H49N/c1-7-10-28-21-33(31-12-9-11-26(5)20-31)24-34(23-28)15-17-35(18-16-34)27(6)30-13-14-32(19-25(3)4)29(8-2)22-30/h9,11-14,20,22,25,28,33H,6-8,10,15-19,21,23-24H2,1-5H3. The largest absolute Gasteiger partial charge is 0.371 e. The van der Waals surface area contributed by atoms with Crippen LogP contribution in [0.1, 0.15) is 106 Å². The molecule has 0 aromatic heterocycles. The van der Waals surface area contributed by atoms with Crippen molar-refractivity contribution in [2.24, 2.45) is 17.3 Å². The van der Waals surface area contributed by atoms with Crippen LogP contribution in [0.4, 0.5) is 0 Å². The summed E-state index contributed by atoms with van der Waals surface area (Å²) in [4.78, 5) is 2.59. The lowest BCUT2D eigenvalue weighted by Crippen LogP contribution is -2.43. The second-order valence-electron chi connectivity index (χ2n) is 12.3. The van der Waals surface area contributed by atoms with Crippen LogP contribution in [0.5, 0.6) is 0 Å². The van der Waals surface area contributed by atoms with Gasteiger partial charge in [0.1, 0.15) is 0 Å². The number of hydrogen-bond donors (Lipinski definition) is 0. The molecule has 1 aliphatic carbocycles. The molecule has 190 valence electrons. The van der Waals surface area contributed by atoms with Gasteiger partial charge >= 0.3 is 0 Å². The maximum atomic E-state index is 4.59. The lowest BCUT2D eigenvalue weighted by atomic mass is 9.59. The summed E-state index contributed by atoms with van der Waals surface area (Å²) >= 11 is 0. The number of aryl methyl sites for hydroxylation is 2. The van der Waals surface area contributed by atoms with Crippen LogP contribution in [0.3, 0.4) is 0 Å². The number of benzene rings is 2. The summed E-state index contributed by atoms with van der Waals surface area (Å²) in [6.07, 6.45) is 11.8. The fraction of sp³-hybridized carbons (Fsp3) is 0.588. The average molecular weight is 472 g/mol. The van der Waals surface area contributed by atoms with Gasteiger partial charge in [-0.2, -0.15) is 0 Å². The summed E-state index contributed by atoms with van der Waals surface area (Å²) in [7, 11) is 0. The SMILES string of the molecule is C=C(c1ccc(CC(C)C)c(CC)c1)N1CCC2(CC1)CC(CCC)CC(c1cccc(C)c1)C2. The van der Waals surface area contributed by atoms with Gasteiger partial charge in [-0.05, 0) is 103 Å². The van der Waals surface area contributed by atoms with E-state index in [4.69, 9.17) is 0 Å². The van der Waals surface area contributed by atoms with Crippen molar-refractivity contribution in [2.45, 2.75) is 98.3 Å². The van der Waals surface area contributed by atoms with Gasteiger partial charge in [-0.25, -0.2) is 0 Å². The molecule has 2 aromatic carbocycles. The number of hydrogen-bond acceptors (Lipinski definition) is 1. The Balaban J connectivity index is 1.46. The van der Waals surface area contributed by atoms with Gasteiger partial charge in [0.05, 0.1) is 0 Å². The number of rotatable bonds is 8. The fourth-order valence-corrected chi connectivity index (χ4v) is 7.21. The monoisotopic (exact) mass is 471 g/mol. The smallest absolute Gasteiger partial charge is 0.0366 e. The molecule has 0 radical (unpaired) electrons. The molecule has 2 aliphatic rings. The third-order valence-electron chi connectivity index (χ3n) is 8.98. The van der Waals surface area contributed by atoms with Crippen molar-refractivity contribution in [2.75, 3.05) is 13.1 Å². The van der Waals surface area contributed by atoms with Gasteiger partial charge in [0.25, 0.3) is 0 Å².